The largest absolute Gasteiger partial charge is 0.493 e. The summed E-state index contributed by atoms with van der Waals surface area (Å²) >= 11 is 0. The molecule has 0 unspecified atom stereocenters. The van der Waals surface area contributed by atoms with Gasteiger partial charge in [-0.2, -0.15) is 0 Å². The molecular weight excluding hydrogens is 406 g/mol. The minimum absolute atomic E-state index is 0.153. The number of aryl methyl sites for hydroxylation is 1. The van der Waals surface area contributed by atoms with E-state index in [2.05, 4.69) is 0 Å². The zero-order valence-corrected chi connectivity index (χ0v) is 17.5. The lowest BCUT2D eigenvalue weighted by atomic mass is 9.93. The Hall–Kier alpha value is -3.26. The van der Waals surface area contributed by atoms with Gasteiger partial charge in [0.05, 0.1) is 19.1 Å². The molecule has 0 N–H and O–H groups in total. The molecule has 0 aliphatic carbocycles. The molecule has 0 saturated carbocycles. The third-order valence-corrected chi connectivity index (χ3v) is 6.94. The van der Waals surface area contributed by atoms with Gasteiger partial charge in [0.1, 0.15) is 12.1 Å². The minimum Gasteiger partial charge on any atom is -0.493 e. The number of hydrogen-bond donors (Lipinski definition) is 0. The summed E-state index contributed by atoms with van der Waals surface area (Å²) in [5.74, 6) is 0.468. The Labute approximate surface area is 175 Å². The number of benzene rings is 2. The van der Waals surface area contributed by atoms with Gasteiger partial charge in [-0.05, 0) is 54.5 Å². The predicted molar refractivity (Wildman–Crippen MR) is 111 cm³/mol. The number of esters is 1. The molecule has 8 heteroatoms. The highest BCUT2D eigenvalue weighted by molar-refractivity contribution is 7.89. The number of cyclic esters (lactones) is 1. The smallest absolute Gasteiger partial charge is 0.331 e. The average Bonchev–Trinajstić information content (AvgIpc) is 3.17. The van der Waals surface area contributed by atoms with Crippen molar-refractivity contribution >= 4 is 22.1 Å². The zero-order chi connectivity index (χ0) is 21.5. The van der Waals surface area contributed by atoms with Crippen LogP contribution in [0.3, 0.4) is 0 Å². The van der Waals surface area contributed by atoms with Gasteiger partial charge in [-0.1, -0.05) is 17.7 Å². The number of hydrogen-bond acceptors (Lipinski definition) is 6. The first-order chi connectivity index (χ1) is 14.3. The van der Waals surface area contributed by atoms with E-state index in [1.807, 2.05) is 6.92 Å². The molecule has 2 heterocycles. The Morgan fingerprint density at radius 3 is 2.27 bits per heavy atom. The molecule has 0 radical (unpaired) electrons. The molecule has 2 atom stereocenters. The fourth-order valence-corrected chi connectivity index (χ4v) is 5.11. The van der Waals surface area contributed by atoms with Gasteiger partial charge in [-0.15, -0.1) is 0 Å². The summed E-state index contributed by atoms with van der Waals surface area (Å²) in [5, 5.41) is 0. The van der Waals surface area contributed by atoms with Gasteiger partial charge in [0, 0.05) is 12.3 Å². The third-order valence-electron chi connectivity index (χ3n) is 5.16. The van der Waals surface area contributed by atoms with Crippen LogP contribution in [0.1, 0.15) is 22.7 Å². The second-order valence-corrected chi connectivity index (χ2v) is 8.85. The highest BCUT2D eigenvalue weighted by Crippen LogP contribution is 2.43. The third kappa shape index (κ3) is 3.33. The van der Waals surface area contributed by atoms with Gasteiger partial charge in [-0.3, -0.25) is 4.31 Å². The number of carbonyl (C=O) groups is 1. The van der Waals surface area contributed by atoms with Crippen LogP contribution in [0.4, 0.5) is 0 Å². The molecule has 2 aliphatic heterocycles. The predicted octanol–water partition coefficient (Wildman–Crippen LogP) is 3.21. The summed E-state index contributed by atoms with van der Waals surface area (Å²) in [6.07, 6.45) is 5.29. The molecular formula is C22H21NO6S. The maximum Gasteiger partial charge on any atom is 0.331 e. The highest BCUT2D eigenvalue weighted by Gasteiger charge is 2.41. The van der Waals surface area contributed by atoms with E-state index in [1.54, 1.807) is 48.6 Å². The average molecular weight is 427 g/mol. The number of rotatable bonds is 5. The van der Waals surface area contributed by atoms with Crippen molar-refractivity contribution in [1.82, 2.24) is 4.31 Å². The van der Waals surface area contributed by atoms with Crippen molar-refractivity contribution in [2.75, 3.05) is 14.2 Å². The molecule has 30 heavy (non-hydrogen) atoms. The Morgan fingerprint density at radius 1 is 1.00 bits per heavy atom. The normalized spacial score (nSPS) is 20.1. The minimum atomic E-state index is -3.91. The van der Waals surface area contributed by atoms with Crippen LogP contribution in [0, 0.1) is 6.92 Å². The van der Waals surface area contributed by atoms with E-state index >= 15 is 0 Å². The van der Waals surface area contributed by atoms with E-state index in [0.29, 0.717) is 17.1 Å². The monoisotopic (exact) mass is 427 g/mol. The van der Waals surface area contributed by atoms with E-state index in [-0.39, 0.29) is 4.90 Å². The van der Waals surface area contributed by atoms with Crippen molar-refractivity contribution in [2.24, 2.45) is 0 Å². The van der Waals surface area contributed by atoms with Gasteiger partial charge in [-0.25, -0.2) is 13.2 Å². The van der Waals surface area contributed by atoms with Crippen LogP contribution in [0.2, 0.25) is 0 Å². The number of carbonyl (C=O) groups excluding carboxylic acids is 1. The first kappa shape index (κ1) is 20.0. The summed E-state index contributed by atoms with van der Waals surface area (Å²) < 4.78 is 44.4. The van der Waals surface area contributed by atoms with Crippen LogP contribution in [0.15, 0.2) is 59.6 Å². The standard InChI is InChI=1S/C22H21NO6S/c1-14-4-6-16(7-5-14)30(25,26)23-11-10-15-12-19(27-2)20(28-3)13-17(15)22(23)18-8-9-21(24)29-18/h4-13,18,22H,1-3H3/t18-,22-/m1/s1. The van der Waals surface area contributed by atoms with Crippen LogP contribution in [0.5, 0.6) is 11.5 Å². The summed E-state index contributed by atoms with van der Waals surface area (Å²) in [6, 6.07) is 9.32. The quantitative estimate of drug-likeness (QED) is 0.682. The molecule has 0 aromatic heterocycles. The first-order valence-electron chi connectivity index (χ1n) is 9.28. The number of methoxy groups -OCH3 is 2. The molecule has 0 bridgehead atoms. The lowest BCUT2D eigenvalue weighted by molar-refractivity contribution is -0.140. The van der Waals surface area contributed by atoms with Gasteiger partial charge in [0.15, 0.2) is 11.5 Å². The fourth-order valence-electron chi connectivity index (χ4n) is 3.63. The van der Waals surface area contributed by atoms with Crippen molar-refractivity contribution in [3.05, 3.63) is 71.4 Å². The number of sulfonamides is 1. The molecule has 2 aromatic rings. The summed E-state index contributed by atoms with van der Waals surface area (Å²) in [4.78, 5) is 11.9. The van der Waals surface area contributed by atoms with Crippen LogP contribution in [-0.4, -0.2) is 39.0 Å². The van der Waals surface area contributed by atoms with E-state index in [1.165, 1.54) is 30.8 Å². The van der Waals surface area contributed by atoms with Gasteiger partial charge in [0.2, 0.25) is 0 Å². The van der Waals surface area contributed by atoms with Gasteiger partial charge < -0.3 is 14.2 Å². The molecule has 0 amide bonds. The summed E-state index contributed by atoms with van der Waals surface area (Å²) in [5.41, 5.74) is 2.36. The maximum atomic E-state index is 13.5. The maximum absolute atomic E-state index is 13.5. The van der Waals surface area contributed by atoms with Crippen LogP contribution in [-0.2, 0) is 19.6 Å². The van der Waals surface area contributed by atoms with Crippen LogP contribution >= 0.6 is 0 Å². The number of fused-ring (bicyclic) bond motifs is 1. The fraction of sp³-hybridized carbons (Fsp3) is 0.227. The van der Waals surface area contributed by atoms with E-state index in [0.717, 1.165) is 11.1 Å². The Morgan fingerprint density at radius 2 is 1.67 bits per heavy atom. The first-order valence-corrected chi connectivity index (χ1v) is 10.7. The van der Waals surface area contributed by atoms with E-state index in [4.69, 9.17) is 14.2 Å². The second-order valence-electron chi connectivity index (χ2n) is 7.01. The van der Waals surface area contributed by atoms with Crippen LogP contribution in [0.25, 0.3) is 6.08 Å². The van der Waals surface area contributed by atoms with Crippen molar-refractivity contribution in [2.45, 2.75) is 24.0 Å². The molecule has 0 saturated heterocycles. The molecule has 4 rings (SSSR count). The molecule has 7 nitrogen and oxygen atoms in total. The molecule has 2 aromatic carbocycles. The van der Waals surface area contributed by atoms with Crippen molar-refractivity contribution in [3.8, 4) is 11.5 Å². The van der Waals surface area contributed by atoms with Crippen LogP contribution < -0.4 is 9.47 Å². The van der Waals surface area contributed by atoms with Crippen molar-refractivity contribution < 1.29 is 27.4 Å². The Balaban J connectivity index is 1.87. The lowest BCUT2D eigenvalue weighted by Gasteiger charge is -2.36. The number of ether oxygens (including phenoxy) is 3. The highest BCUT2D eigenvalue weighted by atomic mass is 32.2. The van der Waals surface area contributed by atoms with E-state index < -0.39 is 28.1 Å². The summed E-state index contributed by atoms with van der Waals surface area (Å²) in [6.45, 7) is 1.89. The Kier molecular flexibility index (Phi) is 5.03. The molecule has 0 spiro atoms. The second kappa shape index (κ2) is 7.53. The van der Waals surface area contributed by atoms with Gasteiger partial charge >= 0.3 is 5.97 Å². The lowest BCUT2D eigenvalue weighted by Crippen LogP contribution is -2.39. The SMILES string of the molecule is COc1cc2c(cc1OC)[C@H]([C@H]1C=CC(=O)O1)N(S(=O)(=O)c1ccc(C)cc1)C=C2. The molecule has 0 fully saturated rings. The topological polar surface area (TPSA) is 82.1 Å². The Bertz CT molecular complexity index is 1150. The number of nitrogens with zero attached hydrogens (tertiary/aromatic N) is 1. The van der Waals surface area contributed by atoms with E-state index in [9.17, 15) is 13.2 Å². The molecule has 2 aliphatic rings. The molecule has 156 valence electrons. The zero-order valence-electron chi connectivity index (χ0n) is 16.7. The van der Waals surface area contributed by atoms with Gasteiger partial charge in [0.25, 0.3) is 10.0 Å². The summed E-state index contributed by atoms with van der Waals surface area (Å²) in [7, 11) is -0.872. The van der Waals surface area contributed by atoms with Crippen molar-refractivity contribution in [3.63, 3.8) is 0 Å². The van der Waals surface area contributed by atoms with Crippen molar-refractivity contribution in [1.29, 1.82) is 0 Å².